The number of carbonyl (C=O) groups excluding carboxylic acids is 2. The maximum atomic E-state index is 12.6. The third-order valence-electron chi connectivity index (χ3n) is 7.46. The second kappa shape index (κ2) is 17.2. The molecule has 0 spiro atoms. The van der Waals surface area contributed by atoms with Crippen LogP contribution in [0.5, 0.6) is 0 Å². The summed E-state index contributed by atoms with van der Waals surface area (Å²) in [6.45, 7) is 3.10. The van der Waals surface area contributed by atoms with Crippen molar-refractivity contribution in [2.75, 3.05) is 18.9 Å². The molecule has 0 heterocycles. The Bertz CT molecular complexity index is 951. The van der Waals surface area contributed by atoms with Crippen LogP contribution in [0.15, 0.2) is 48.5 Å². The van der Waals surface area contributed by atoms with Gasteiger partial charge in [0.2, 0.25) is 5.91 Å². The van der Waals surface area contributed by atoms with Crippen molar-refractivity contribution in [3.8, 4) is 11.1 Å². The summed E-state index contributed by atoms with van der Waals surface area (Å²) in [5.74, 6) is -0.00659. The van der Waals surface area contributed by atoms with E-state index in [1.165, 1.54) is 75.3 Å². The van der Waals surface area contributed by atoms with Gasteiger partial charge < -0.3 is 15.4 Å². The van der Waals surface area contributed by atoms with Crippen LogP contribution in [-0.2, 0) is 9.53 Å². The fraction of sp³-hybridized carbons (Fsp3) is 0.562. The summed E-state index contributed by atoms with van der Waals surface area (Å²) < 4.78 is 5.58. The quantitative estimate of drug-likeness (QED) is 0.135. The average molecular weight is 539 g/mol. The van der Waals surface area contributed by atoms with E-state index >= 15 is 0 Å². The number of nitrogens with one attached hydrogen (secondary N) is 2. The standard InChI is InChI=1S/C32H46N2O3S/c1-2-3-4-5-6-7-8-9-10-11-12-17-22-33-31(35)30(24-38)34-32(36)37-23-29-27-20-15-13-18-25(27)26-19-14-16-21-28(26)29/h13-16,18-21,29-30,38H,2-12,17,22-24H2,1H3,(H,33,35)(H,34,36)/t30-/m0/s1. The first kappa shape index (κ1) is 30.1. The van der Waals surface area contributed by atoms with Crippen LogP contribution in [0.25, 0.3) is 11.1 Å². The van der Waals surface area contributed by atoms with Gasteiger partial charge in [-0.2, -0.15) is 12.6 Å². The van der Waals surface area contributed by atoms with Crippen molar-refractivity contribution in [1.82, 2.24) is 10.6 Å². The lowest BCUT2D eigenvalue weighted by molar-refractivity contribution is -0.122. The number of fused-ring (bicyclic) bond motifs is 3. The van der Waals surface area contributed by atoms with Crippen LogP contribution in [0.1, 0.15) is 101 Å². The molecular formula is C32H46N2O3S. The SMILES string of the molecule is CCCCCCCCCCCCCCNC(=O)[C@H](CS)NC(=O)OCC1c2ccccc2-c2ccccc21. The predicted octanol–water partition coefficient (Wildman–Crippen LogP) is 7.64. The first-order valence-corrected chi connectivity index (χ1v) is 15.3. The number of carbonyl (C=O) groups is 2. The molecule has 208 valence electrons. The molecule has 6 heteroatoms. The van der Waals surface area contributed by atoms with Crippen molar-refractivity contribution in [2.24, 2.45) is 0 Å². The van der Waals surface area contributed by atoms with E-state index in [2.05, 4.69) is 54.5 Å². The number of ether oxygens (including phenoxy) is 1. The lowest BCUT2D eigenvalue weighted by Gasteiger charge is -2.18. The minimum atomic E-state index is -0.716. The second-order valence-electron chi connectivity index (χ2n) is 10.4. The van der Waals surface area contributed by atoms with Gasteiger partial charge in [0.05, 0.1) is 0 Å². The Morgan fingerprint density at radius 1 is 0.789 bits per heavy atom. The highest BCUT2D eigenvalue weighted by molar-refractivity contribution is 7.80. The van der Waals surface area contributed by atoms with Crippen LogP contribution >= 0.6 is 12.6 Å². The summed E-state index contributed by atoms with van der Waals surface area (Å²) in [5.41, 5.74) is 4.69. The van der Waals surface area contributed by atoms with Crippen LogP contribution in [0, 0.1) is 0 Å². The summed E-state index contributed by atoms with van der Waals surface area (Å²) in [6.07, 6.45) is 14.8. The zero-order chi connectivity index (χ0) is 27.0. The highest BCUT2D eigenvalue weighted by atomic mass is 32.1. The molecule has 2 aromatic carbocycles. The molecule has 0 aliphatic heterocycles. The van der Waals surface area contributed by atoms with Gasteiger partial charge in [-0.05, 0) is 28.7 Å². The van der Waals surface area contributed by atoms with Crippen LogP contribution in [0.2, 0.25) is 0 Å². The lowest BCUT2D eigenvalue weighted by Crippen LogP contribution is -2.48. The van der Waals surface area contributed by atoms with Crippen molar-refractivity contribution in [1.29, 1.82) is 0 Å². The van der Waals surface area contributed by atoms with Crippen LogP contribution in [0.3, 0.4) is 0 Å². The third-order valence-corrected chi connectivity index (χ3v) is 7.83. The molecule has 0 radical (unpaired) electrons. The third kappa shape index (κ3) is 9.37. The summed E-state index contributed by atoms with van der Waals surface area (Å²) in [7, 11) is 0. The van der Waals surface area contributed by atoms with Crippen molar-refractivity contribution in [2.45, 2.75) is 95.9 Å². The molecular weight excluding hydrogens is 492 g/mol. The normalized spacial score (nSPS) is 13.0. The van der Waals surface area contributed by atoms with Gasteiger partial charge in [-0.15, -0.1) is 0 Å². The topological polar surface area (TPSA) is 67.4 Å². The van der Waals surface area contributed by atoms with E-state index in [9.17, 15) is 9.59 Å². The molecule has 5 nitrogen and oxygen atoms in total. The van der Waals surface area contributed by atoms with Gasteiger partial charge in [0, 0.05) is 18.2 Å². The van der Waals surface area contributed by atoms with E-state index < -0.39 is 12.1 Å². The zero-order valence-corrected chi connectivity index (χ0v) is 23.9. The minimum Gasteiger partial charge on any atom is -0.449 e. The molecule has 3 rings (SSSR count). The van der Waals surface area contributed by atoms with Crippen molar-refractivity contribution in [3.05, 3.63) is 59.7 Å². The van der Waals surface area contributed by atoms with Gasteiger partial charge in [-0.3, -0.25) is 4.79 Å². The van der Waals surface area contributed by atoms with E-state index in [4.69, 9.17) is 4.74 Å². The van der Waals surface area contributed by atoms with Gasteiger partial charge in [0.1, 0.15) is 12.6 Å². The first-order chi connectivity index (χ1) is 18.7. The molecule has 38 heavy (non-hydrogen) atoms. The second-order valence-corrected chi connectivity index (χ2v) is 10.8. The Morgan fingerprint density at radius 3 is 1.82 bits per heavy atom. The number of hydrogen-bond donors (Lipinski definition) is 3. The molecule has 2 aromatic rings. The maximum Gasteiger partial charge on any atom is 0.407 e. The van der Waals surface area contributed by atoms with E-state index in [0.29, 0.717) is 6.54 Å². The fourth-order valence-electron chi connectivity index (χ4n) is 5.28. The van der Waals surface area contributed by atoms with E-state index in [0.717, 1.165) is 24.0 Å². The van der Waals surface area contributed by atoms with Gasteiger partial charge in [0.25, 0.3) is 0 Å². The molecule has 0 unspecified atom stereocenters. The largest absolute Gasteiger partial charge is 0.449 e. The zero-order valence-electron chi connectivity index (χ0n) is 23.1. The number of amides is 2. The molecule has 0 bridgehead atoms. The summed E-state index contributed by atoms with van der Waals surface area (Å²) in [6, 6.07) is 15.7. The van der Waals surface area contributed by atoms with Gasteiger partial charge in [-0.25, -0.2) is 4.79 Å². The summed E-state index contributed by atoms with van der Waals surface area (Å²) in [4.78, 5) is 25.1. The Kier molecular flexibility index (Phi) is 13.6. The summed E-state index contributed by atoms with van der Waals surface area (Å²) in [5, 5.41) is 5.63. The fourth-order valence-corrected chi connectivity index (χ4v) is 5.53. The average Bonchev–Trinajstić information content (AvgIpc) is 3.26. The molecule has 0 saturated carbocycles. The highest BCUT2D eigenvalue weighted by Gasteiger charge is 2.29. The molecule has 0 aromatic heterocycles. The number of unbranched alkanes of at least 4 members (excludes halogenated alkanes) is 11. The number of benzene rings is 2. The molecule has 0 saturated heterocycles. The predicted molar refractivity (Wildman–Crippen MR) is 160 cm³/mol. The monoisotopic (exact) mass is 538 g/mol. The Balaban J connectivity index is 1.28. The molecule has 1 aliphatic rings. The van der Waals surface area contributed by atoms with Gasteiger partial charge in [0.15, 0.2) is 0 Å². The Hall–Kier alpha value is -2.47. The molecule has 1 aliphatic carbocycles. The molecule has 2 amide bonds. The number of thiol groups is 1. The summed E-state index contributed by atoms with van der Waals surface area (Å²) >= 11 is 4.27. The lowest BCUT2D eigenvalue weighted by atomic mass is 9.98. The first-order valence-electron chi connectivity index (χ1n) is 14.7. The van der Waals surface area contributed by atoms with E-state index in [1.54, 1.807) is 0 Å². The van der Waals surface area contributed by atoms with E-state index in [-0.39, 0.29) is 24.2 Å². The molecule has 1 atom stereocenters. The molecule has 0 fully saturated rings. The van der Waals surface area contributed by atoms with Gasteiger partial charge in [-0.1, -0.05) is 126 Å². The Morgan fingerprint density at radius 2 is 1.29 bits per heavy atom. The molecule has 2 N–H and O–H groups in total. The number of rotatable bonds is 18. The Labute approximate surface area is 234 Å². The van der Waals surface area contributed by atoms with Crippen LogP contribution in [-0.4, -0.2) is 36.9 Å². The minimum absolute atomic E-state index is 0.0118. The van der Waals surface area contributed by atoms with Crippen molar-refractivity contribution >= 4 is 24.6 Å². The van der Waals surface area contributed by atoms with Gasteiger partial charge >= 0.3 is 6.09 Å². The van der Waals surface area contributed by atoms with Crippen molar-refractivity contribution in [3.63, 3.8) is 0 Å². The van der Waals surface area contributed by atoms with Crippen LogP contribution in [0.4, 0.5) is 4.79 Å². The maximum absolute atomic E-state index is 12.6. The smallest absolute Gasteiger partial charge is 0.407 e. The van der Waals surface area contributed by atoms with Crippen LogP contribution < -0.4 is 10.6 Å². The highest BCUT2D eigenvalue weighted by Crippen LogP contribution is 2.44. The van der Waals surface area contributed by atoms with Crippen molar-refractivity contribution < 1.29 is 14.3 Å². The van der Waals surface area contributed by atoms with E-state index in [1.807, 2.05) is 24.3 Å². The number of alkyl carbamates (subject to hydrolysis) is 1. The number of hydrogen-bond acceptors (Lipinski definition) is 4.